The average molecular weight is 390 g/mol. The predicted molar refractivity (Wildman–Crippen MR) is 113 cm³/mol. The molecule has 150 valence electrons. The highest BCUT2D eigenvalue weighted by Crippen LogP contribution is 2.24. The molecule has 4 rings (SSSR count). The minimum Gasteiger partial charge on any atom is -0.339 e. The van der Waals surface area contributed by atoms with E-state index < -0.39 is 0 Å². The molecule has 2 amide bonds. The first kappa shape index (κ1) is 19.2. The first-order chi connectivity index (χ1) is 14.1. The summed E-state index contributed by atoms with van der Waals surface area (Å²) < 4.78 is 5.50. The average Bonchev–Trinajstić information content (AvgIpc) is 3.18. The van der Waals surface area contributed by atoms with Gasteiger partial charge in [-0.25, -0.2) is 4.79 Å². The van der Waals surface area contributed by atoms with Crippen LogP contribution < -0.4 is 5.32 Å². The van der Waals surface area contributed by atoms with E-state index in [1.165, 1.54) is 0 Å². The third kappa shape index (κ3) is 4.47. The summed E-state index contributed by atoms with van der Waals surface area (Å²) in [6, 6.07) is 15.8. The highest BCUT2D eigenvalue weighted by molar-refractivity contribution is 5.90. The number of nitrogens with zero attached hydrogens (tertiary/aromatic N) is 3. The molecule has 0 saturated carbocycles. The molecule has 29 heavy (non-hydrogen) atoms. The fourth-order valence-corrected chi connectivity index (χ4v) is 3.84. The Bertz CT molecular complexity index is 998. The van der Waals surface area contributed by atoms with Crippen LogP contribution in [-0.4, -0.2) is 34.2 Å². The largest absolute Gasteiger partial charge is 0.339 e. The van der Waals surface area contributed by atoms with Crippen molar-refractivity contribution in [2.45, 2.75) is 33.1 Å². The Morgan fingerprint density at radius 2 is 1.90 bits per heavy atom. The van der Waals surface area contributed by atoms with Crippen LogP contribution >= 0.6 is 0 Å². The maximum Gasteiger partial charge on any atom is 0.321 e. The molecule has 0 radical (unpaired) electrons. The first-order valence-corrected chi connectivity index (χ1v) is 10.1. The van der Waals surface area contributed by atoms with Crippen LogP contribution in [0.4, 0.5) is 10.5 Å². The number of anilines is 1. The number of likely N-dealkylation sites (tertiary alicyclic amines) is 1. The number of nitrogens with one attached hydrogen (secondary N) is 1. The maximum absolute atomic E-state index is 12.7. The Hall–Kier alpha value is -3.15. The molecule has 3 aromatic rings. The van der Waals surface area contributed by atoms with Crippen molar-refractivity contribution < 1.29 is 9.32 Å². The maximum atomic E-state index is 12.7. The van der Waals surface area contributed by atoms with Gasteiger partial charge in [-0.1, -0.05) is 47.6 Å². The minimum absolute atomic E-state index is 0.0462. The number of piperidine rings is 1. The summed E-state index contributed by atoms with van der Waals surface area (Å²) in [4.78, 5) is 19.2. The molecule has 0 unspecified atom stereocenters. The van der Waals surface area contributed by atoms with Gasteiger partial charge < -0.3 is 14.7 Å². The molecule has 6 heteroatoms. The predicted octanol–water partition coefficient (Wildman–Crippen LogP) is 4.84. The van der Waals surface area contributed by atoms with Crippen LogP contribution in [0.1, 0.15) is 29.9 Å². The summed E-state index contributed by atoms with van der Waals surface area (Å²) in [6.45, 7) is 5.50. The van der Waals surface area contributed by atoms with Gasteiger partial charge in [-0.15, -0.1) is 0 Å². The second-order valence-corrected chi connectivity index (χ2v) is 7.73. The van der Waals surface area contributed by atoms with Gasteiger partial charge >= 0.3 is 6.03 Å². The second kappa shape index (κ2) is 8.47. The molecule has 0 spiro atoms. The Labute approximate surface area is 170 Å². The minimum atomic E-state index is -0.0462. The van der Waals surface area contributed by atoms with E-state index in [2.05, 4.69) is 15.5 Å². The van der Waals surface area contributed by atoms with E-state index in [1.807, 2.05) is 67.3 Å². The topological polar surface area (TPSA) is 71.3 Å². The summed E-state index contributed by atoms with van der Waals surface area (Å²) in [5.41, 5.74) is 4.03. The quantitative estimate of drug-likeness (QED) is 0.692. The number of hydrogen-bond acceptors (Lipinski definition) is 4. The molecule has 1 N–H and O–H groups in total. The highest BCUT2D eigenvalue weighted by atomic mass is 16.5. The van der Waals surface area contributed by atoms with E-state index in [1.54, 1.807) is 0 Å². The number of hydrogen-bond donors (Lipinski definition) is 1. The van der Waals surface area contributed by atoms with Gasteiger partial charge in [0.1, 0.15) is 0 Å². The molecular weight excluding hydrogens is 364 g/mol. The lowest BCUT2D eigenvalue weighted by Gasteiger charge is -2.32. The van der Waals surface area contributed by atoms with Gasteiger partial charge in [0.2, 0.25) is 11.7 Å². The van der Waals surface area contributed by atoms with Crippen LogP contribution in [0, 0.1) is 19.8 Å². The van der Waals surface area contributed by atoms with Crippen LogP contribution in [0.3, 0.4) is 0 Å². The molecule has 6 nitrogen and oxygen atoms in total. The fourth-order valence-electron chi connectivity index (χ4n) is 3.84. The van der Waals surface area contributed by atoms with Crippen molar-refractivity contribution in [1.82, 2.24) is 15.0 Å². The number of amides is 2. The number of para-hydroxylation sites is 1. The van der Waals surface area contributed by atoms with Crippen LogP contribution in [0.15, 0.2) is 53.1 Å². The Balaban J connectivity index is 1.39. The van der Waals surface area contributed by atoms with E-state index in [9.17, 15) is 4.79 Å². The van der Waals surface area contributed by atoms with Gasteiger partial charge in [-0.3, -0.25) is 0 Å². The number of aryl methyl sites for hydroxylation is 2. The molecular formula is C23H26N4O2. The zero-order valence-electron chi connectivity index (χ0n) is 16.9. The van der Waals surface area contributed by atoms with Crippen molar-refractivity contribution in [1.29, 1.82) is 0 Å². The van der Waals surface area contributed by atoms with Gasteiger partial charge in [-0.05, 0) is 49.8 Å². The highest BCUT2D eigenvalue weighted by Gasteiger charge is 2.26. The monoisotopic (exact) mass is 390 g/mol. The summed E-state index contributed by atoms with van der Waals surface area (Å²) in [5, 5.41) is 7.19. The molecule has 2 heterocycles. The smallest absolute Gasteiger partial charge is 0.321 e. The van der Waals surface area contributed by atoms with E-state index in [0.717, 1.165) is 41.8 Å². The molecule has 1 aromatic heterocycles. The SMILES string of the molecule is Cc1ccccc1NC(=O)N1CCC[C@@H](Cc2nc(-c3ccccc3C)no2)C1. The van der Waals surface area contributed by atoms with Crippen LogP contribution in [0.25, 0.3) is 11.4 Å². The molecule has 1 aliphatic rings. The van der Waals surface area contributed by atoms with Crippen molar-refractivity contribution in [3.05, 3.63) is 65.5 Å². The van der Waals surface area contributed by atoms with Gasteiger partial charge in [0, 0.05) is 30.8 Å². The lowest BCUT2D eigenvalue weighted by molar-refractivity contribution is 0.173. The second-order valence-electron chi connectivity index (χ2n) is 7.73. The molecule has 0 aliphatic carbocycles. The van der Waals surface area contributed by atoms with Crippen molar-refractivity contribution in [3.63, 3.8) is 0 Å². The lowest BCUT2D eigenvalue weighted by atomic mass is 9.95. The lowest BCUT2D eigenvalue weighted by Crippen LogP contribution is -2.42. The zero-order chi connectivity index (χ0) is 20.2. The summed E-state index contributed by atoms with van der Waals surface area (Å²) in [5.74, 6) is 1.58. The van der Waals surface area contributed by atoms with Crippen molar-refractivity contribution in [2.75, 3.05) is 18.4 Å². The number of benzene rings is 2. The summed E-state index contributed by atoms with van der Waals surface area (Å²) in [6.07, 6.45) is 2.72. The first-order valence-electron chi connectivity index (χ1n) is 10.1. The molecule has 2 aromatic carbocycles. The van der Waals surface area contributed by atoms with Crippen LogP contribution in [0.5, 0.6) is 0 Å². The summed E-state index contributed by atoms with van der Waals surface area (Å²) >= 11 is 0. The van der Waals surface area contributed by atoms with Gasteiger partial charge in [-0.2, -0.15) is 4.98 Å². The Morgan fingerprint density at radius 1 is 1.14 bits per heavy atom. The Morgan fingerprint density at radius 3 is 2.69 bits per heavy atom. The molecule has 0 bridgehead atoms. The van der Waals surface area contributed by atoms with Crippen molar-refractivity contribution in [2.24, 2.45) is 5.92 Å². The number of urea groups is 1. The standard InChI is InChI=1S/C23H26N4O2/c1-16-8-3-5-11-19(16)22-25-21(29-26-22)14-18-10-7-13-27(15-18)23(28)24-20-12-6-4-9-17(20)2/h3-6,8-9,11-12,18H,7,10,13-15H2,1-2H3,(H,24,28)/t18-/m0/s1. The molecule has 1 fully saturated rings. The van der Waals surface area contributed by atoms with Crippen LogP contribution in [0.2, 0.25) is 0 Å². The summed E-state index contributed by atoms with van der Waals surface area (Å²) in [7, 11) is 0. The van der Waals surface area contributed by atoms with E-state index in [0.29, 0.717) is 30.6 Å². The van der Waals surface area contributed by atoms with E-state index in [-0.39, 0.29) is 6.03 Å². The van der Waals surface area contributed by atoms with Gasteiger partial charge in [0.05, 0.1) is 0 Å². The Kier molecular flexibility index (Phi) is 5.60. The van der Waals surface area contributed by atoms with Gasteiger partial charge in [0.25, 0.3) is 0 Å². The van der Waals surface area contributed by atoms with Crippen molar-refractivity contribution >= 4 is 11.7 Å². The van der Waals surface area contributed by atoms with E-state index in [4.69, 9.17) is 4.52 Å². The number of aromatic nitrogens is 2. The third-order valence-electron chi connectivity index (χ3n) is 5.51. The number of carbonyl (C=O) groups excluding carboxylic acids is 1. The molecule has 1 aliphatic heterocycles. The van der Waals surface area contributed by atoms with E-state index >= 15 is 0 Å². The number of carbonyl (C=O) groups is 1. The normalized spacial score (nSPS) is 16.6. The van der Waals surface area contributed by atoms with Crippen molar-refractivity contribution in [3.8, 4) is 11.4 Å². The molecule has 1 saturated heterocycles. The third-order valence-corrected chi connectivity index (χ3v) is 5.51. The van der Waals surface area contributed by atoms with Crippen LogP contribution in [-0.2, 0) is 6.42 Å². The number of rotatable bonds is 4. The zero-order valence-corrected chi connectivity index (χ0v) is 16.9. The van der Waals surface area contributed by atoms with Gasteiger partial charge in [0.15, 0.2) is 0 Å². The fraction of sp³-hybridized carbons (Fsp3) is 0.348. The molecule has 1 atom stereocenters.